The van der Waals surface area contributed by atoms with Gasteiger partial charge in [0.15, 0.2) is 0 Å². The maximum absolute atomic E-state index is 4.66. The first-order valence-electron chi connectivity index (χ1n) is 15.4. The Kier molecular flexibility index (Phi) is 5.81. The first kappa shape index (κ1) is 26.0. The number of hydrogen-bond acceptors (Lipinski definition) is 2. The summed E-state index contributed by atoms with van der Waals surface area (Å²) in [6, 6.07) is 53.0. The molecule has 0 aliphatic carbocycles. The Labute approximate surface area is 265 Å². The van der Waals surface area contributed by atoms with Crippen LogP contribution in [0.25, 0.3) is 70.2 Å². The van der Waals surface area contributed by atoms with Gasteiger partial charge in [0.25, 0.3) is 0 Å². The van der Waals surface area contributed by atoms with Crippen molar-refractivity contribution in [3.05, 3.63) is 156 Å². The minimum Gasteiger partial charge on any atom is -0.310 e. The van der Waals surface area contributed by atoms with Crippen LogP contribution in [-0.2, 0) is 0 Å². The van der Waals surface area contributed by atoms with Gasteiger partial charge in [-0.15, -0.1) is 11.3 Å². The molecule has 1 nitrogen and oxygen atoms in total. The molecule has 9 rings (SSSR count). The number of aryl methyl sites for hydroxylation is 1. The molecule has 0 saturated carbocycles. The van der Waals surface area contributed by atoms with E-state index in [1.54, 1.807) is 0 Å². The summed E-state index contributed by atoms with van der Waals surface area (Å²) in [6.07, 6.45) is 0. The van der Waals surface area contributed by atoms with Crippen LogP contribution in [0.5, 0.6) is 0 Å². The van der Waals surface area contributed by atoms with Crippen molar-refractivity contribution in [3.63, 3.8) is 0 Å². The molecule has 0 aliphatic heterocycles. The Bertz CT molecular complexity index is 2630. The predicted octanol–water partition coefficient (Wildman–Crippen LogP) is 12.1. The van der Waals surface area contributed by atoms with E-state index < -0.39 is 0 Å². The van der Waals surface area contributed by atoms with E-state index in [4.69, 9.17) is 0 Å². The fraction of sp³-hybridized carbons (Fsp3) is 0.0233. The number of para-hydroxylation sites is 1. The summed E-state index contributed by atoms with van der Waals surface area (Å²) in [5, 5.41) is 11.3. The van der Waals surface area contributed by atoms with Crippen LogP contribution in [0.15, 0.2) is 146 Å². The summed E-state index contributed by atoms with van der Waals surface area (Å²) in [5.74, 6) is 0. The highest BCUT2D eigenvalue weighted by Gasteiger charge is 2.18. The highest BCUT2D eigenvalue weighted by Crippen LogP contribution is 2.43. The summed E-state index contributed by atoms with van der Waals surface area (Å²) >= 11 is 1.86. The van der Waals surface area contributed by atoms with Crippen LogP contribution in [0.3, 0.4) is 0 Å². The lowest BCUT2D eigenvalue weighted by atomic mass is 9.87. The number of benzene rings is 8. The SMILES string of the molecule is C=c1c2ccccc2c2cccc3ccc(-c4ccc(N(c5ccccc5)c5ccc6sc7ccccc7c6c5)cc4C)c1c32. The average Bonchev–Trinajstić information content (AvgIpc) is 3.46. The maximum Gasteiger partial charge on any atom is 0.0468 e. The summed E-state index contributed by atoms with van der Waals surface area (Å²) < 4.78 is 2.63. The number of anilines is 3. The molecule has 0 N–H and O–H groups in total. The zero-order chi connectivity index (χ0) is 30.1. The monoisotopic (exact) mass is 591 g/mol. The van der Waals surface area contributed by atoms with E-state index in [1.807, 2.05) is 11.3 Å². The van der Waals surface area contributed by atoms with Crippen LogP contribution >= 0.6 is 11.3 Å². The van der Waals surface area contributed by atoms with E-state index in [0.29, 0.717) is 0 Å². The first-order valence-corrected chi connectivity index (χ1v) is 16.2. The van der Waals surface area contributed by atoms with E-state index in [2.05, 4.69) is 164 Å². The van der Waals surface area contributed by atoms with Crippen LogP contribution in [-0.4, -0.2) is 0 Å². The molecule has 45 heavy (non-hydrogen) atoms. The molecule has 0 atom stereocenters. The van der Waals surface area contributed by atoms with Gasteiger partial charge in [0.2, 0.25) is 0 Å². The van der Waals surface area contributed by atoms with Crippen molar-refractivity contribution in [3.8, 4) is 11.1 Å². The van der Waals surface area contributed by atoms with Gasteiger partial charge in [-0.25, -0.2) is 0 Å². The predicted molar refractivity (Wildman–Crippen MR) is 197 cm³/mol. The third kappa shape index (κ3) is 4.00. The zero-order valence-corrected chi connectivity index (χ0v) is 25.7. The first-order chi connectivity index (χ1) is 22.2. The number of fused-ring (bicyclic) bond motifs is 5. The molecule has 2 heteroatoms. The van der Waals surface area contributed by atoms with E-state index in [1.165, 1.54) is 69.2 Å². The topological polar surface area (TPSA) is 3.24 Å². The second-order valence-corrected chi connectivity index (χ2v) is 12.9. The molecule has 0 unspecified atom stereocenters. The van der Waals surface area contributed by atoms with E-state index in [0.717, 1.165) is 22.3 Å². The molecular weight excluding hydrogens is 563 g/mol. The Morgan fingerprint density at radius 3 is 1.98 bits per heavy atom. The Hall–Kier alpha value is -5.44. The van der Waals surface area contributed by atoms with Crippen molar-refractivity contribution in [2.24, 2.45) is 0 Å². The molecule has 212 valence electrons. The quantitative estimate of drug-likeness (QED) is 0.145. The second kappa shape index (κ2) is 10.1. The van der Waals surface area contributed by atoms with Crippen LogP contribution in [0.4, 0.5) is 17.1 Å². The fourth-order valence-corrected chi connectivity index (χ4v) is 8.31. The highest BCUT2D eigenvalue weighted by atomic mass is 32.1. The van der Waals surface area contributed by atoms with Crippen LogP contribution < -0.4 is 10.1 Å². The van der Waals surface area contributed by atoms with Crippen molar-refractivity contribution in [2.75, 3.05) is 4.90 Å². The summed E-state index contributed by atoms with van der Waals surface area (Å²) in [5.41, 5.74) is 7.13. The van der Waals surface area contributed by atoms with Gasteiger partial charge < -0.3 is 4.90 Å². The summed E-state index contributed by atoms with van der Waals surface area (Å²) in [6.45, 7) is 6.89. The smallest absolute Gasteiger partial charge is 0.0468 e. The van der Waals surface area contributed by atoms with Crippen LogP contribution in [0, 0.1) is 6.92 Å². The Balaban J connectivity index is 1.25. The van der Waals surface area contributed by atoms with Gasteiger partial charge in [-0.3, -0.25) is 0 Å². The maximum atomic E-state index is 4.66. The number of rotatable bonds is 4. The molecule has 1 heterocycles. The van der Waals surface area contributed by atoms with Crippen molar-refractivity contribution < 1.29 is 0 Å². The molecule has 0 saturated heterocycles. The van der Waals surface area contributed by atoms with Gasteiger partial charge in [0, 0.05) is 37.2 Å². The van der Waals surface area contributed by atoms with E-state index in [-0.39, 0.29) is 0 Å². The molecule has 0 amide bonds. The van der Waals surface area contributed by atoms with Gasteiger partial charge in [0.1, 0.15) is 0 Å². The minimum absolute atomic E-state index is 1.09. The highest BCUT2D eigenvalue weighted by molar-refractivity contribution is 7.25. The van der Waals surface area contributed by atoms with Crippen molar-refractivity contribution in [1.29, 1.82) is 0 Å². The molecule has 0 spiro atoms. The van der Waals surface area contributed by atoms with Crippen LogP contribution in [0.1, 0.15) is 5.56 Å². The second-order valence-electron chi connectivity index (χ2n) is 11.9. The molecule has 8 aromatic carbocycles. The Morgan fingerprint density at radius 2 is 1.13 bits per heavy atom. The largest absolute Gasteiger partial charge is 0.310 e. The molecule has 1 aromatic heterocycles. The summed E-state index contributed by atoms with van der Waals surface area (Å²) in [7, 11) is 0. The van der Waals surface area contributed by atoms with E-state index >= 15 is 0 Å². The van der Waals surface area contributed by atoms with Gasteiger partial charge in [-0.1, -0.05) is 104 Å². The number of thiophene rings is 1. The number of nitrogens with zero attached hydrogens (tertiary/aromatic N) is 1. The molecule has 0 fully saturated rings. The normalized spacial score (nSPS) is 11.8. The van der Waals surface area contributed by atoms with Crippen LogP contribution in [0.2, 0.25) is 0 Å². The number of hydrogen-bond donors (Lipinski definition) is 0. The lowest BCUT2D eigenvalue weighted by Crippen LogP contribution is -2.10. The average molecular weight is 592 g/mol. The van der Waals surface area contributed by atoms with E-state index in [9.17, 15) is 0 Å². The van der Waals surface area contributed by atoms with Crippen molar-refractivity contribution in [1.82, 2.24) is 0 Å². The lowest BCUT2D eigenvalue weighted by molar-refractivity contribution is 1.28. The van der Waals surface area contributed by atoms with Gasteiger partial charge >= 0.3 is 0 Å². The van der Waals surface area contributed by atoms with Gasteiger partial charge in [-0.05, 0) is 110 Å². The molecular formula is C43H29NS. The molecule has 9 aromatic rings. The van der Waals surface area contributed by atoms with Gasteiger partial charge in [-0.2, -0.15) is 0 Å². The third-order valence-electron chi connectivity index (χ3n) is 9.28. The molecule has 0 bridgehead atoms. The molecule has 0 aliphatic rings. The third-order valence-corrected chi connectivity index (χ3v) is 10.4. The lowest BCUT2D eigenvalue weighted by Gasteiger charge is -2.26. The molecule has 0 radical (unpaired) electrons. The Morgan fingerprint density at radius 1 is 0.467 bits per heavy atom. The fourth-order valence-electron chi connectivity index (χ4n) is 7.22. The van der Waals surface area contributed by atoms with Crippen molar-refractivity contribution >= 4 is 87.5 Å². The zero-order valence-electron chi connectivity index (χ0n) is 24.9. The standard InChI is InChI=1S/C43H29NS/c1-27-25-31(44(30-12-4-3-5-13-30)32-21-24-41-39(26-32)36-16-8-9-18-40(36)45-41)20-23-33(27)38-22-19-29-11-10-17-37-35-15-7-6-14-34(35)28(2)42(38)43(29)37/h3-26H,2H2,1H3. The summed E-state index contributed by atoms with van der Waals surface area (Å²) in [4.78, 5) is 2.38. The van der Waals surface area contributed by atoms with Crippen molar-refractivity contribution in [2.45, 2.75) is 6.92 Å². The minimum atomic E-state index is 1.09. The van der Waals surface area contributed by atoms with Gasteiger partial charge in [0.05, 0.1) is 0 Å².